The van der Waals surface area contributed by atoms with Gasteiger partial charge in [-0.25, -0.2) is 9.13 Å². The topological polar surface area (TPSA) is 44.3 Å². The fourth-order valence-electron chi connectivity index (χ4n) is 3.82. The molecule has 0 saturated heterocycles. The van der Waals surface area contributed by atoms with Crippen molar-refractivity contribution >= 4 is 5.97 Å². The lowest BCUT2D eigenvalue weighted by Gasteiger charge is -2.15. The monoisotopic (exact) mass is 423 g/mol. The third kappa shape index (κ3) is 15.5. The molecule has 5 heteroatoms. The molecule has 1 aromatic rings. The average molecular weight is 424 g/mol. The van der Waals surface area contributed by atoms with E-state index < -0.39 is 0 Å². The summed E-state index contributed by atoms with van der Waals surface area (Å²) in [5.41, 5.74) is 0. The van der Waals surface area contributed by atoms with Crippen molar-refractivity contribution < 1.29 is 18.8 Å². The van der Waals surface area contributed by atoms with Crippen molar-refractivity contribution in [3.8, 4) is 0 Å². The largest absolute Gasteiger partial charge is 0.456 e. The normalized spacial score (nSPS) is 12.2. The number of aromatic nitrogens is 2. The summed E-state index contributed by atoms with van der Waals surface area (Å²) in [6.45, 7) is 5.56. The number of carbonyl (C=O) groups is 1. The fourth-order valence-corrected chi connectivity index (χ4v) is 3.82. The van der Waals surface area contributed by atoms with E-state index in [0.717, 1.165) is 13.0 Å². The first-order valence-corrected chi connectivity index (χ1v) is 12.4. The Bertz CT molecular complexity index is 530. The Morgan fingerprint density at radius 2 is 1.43 bits per heavy atom. The highest BCUT2D eigenvalue weighted by Crippen LogP contribution is 2.13. The lowest BCUT2D eigenvalue weighted by atomic mass is 10.0. The minimum Gasteiger partial charge on any atom is -0.456 e. The number of aryl methyl sites for hydroxylation is 1. The van der Waals surface area contributed by atoms with Crippen molar-refractivity contribution in [1.82, 2.24) is 4.57 Å². The van der Waals surface area contributed by atoms with E-state index in [1.165, 1.54) is 90.4 Å². The number of ether oxygens (including phenoxy) is 2. The second-order valence-corrected chi connectivity index (χ2v) is 8.68. The summed E-state index contributed by atoms with van der Waals surface area (Å²) < 4.78 is 15.2. The predicted molar refractivity (Wildman–Crippen MR) is 122 cm³/mol. The molecule has 0 radical (unpaired) electrons. The Kier molecular flexibility index (Phi) is 16.4. The van der Waals surface area contributed by atoms with E-state index in [1.54, 1.807) is 0 Å². The molecule has 0 aliphatic rings. The van der Waals surface area contributed by atoms with E-state index >= 15 is 0 Å². The van der Waals surface area contributed by atoms with Crippen LogP contribution in [0.15, 0.2) is 18.7 Å². The molecule has 0 spiro atoms. The number of rotatable bonds is 20. The van der Waals surface area contributed by atoms with E-state index in [0.29, 0.717) is 13.2 Å². The van der Waals surface area contributed by atoms with Crippen molar-refractivity contribution in [2.24, 2.45) is 7.05 Å². The summed E-state index contributed by atoms with van der Waals surface area (Å²) in [5, 5.41) is 0. The standard InChI is InChI=1S/C25H47N2O3/c1-4-5-6-7-8-9-10-11-12-13-14-15-16-17-20-29-22-25(30-24(2)28)21-27-19-18-26(3)23-27/h18-19,23,25H,4-17,20-22H2,1-3H3/q+1. The maximum Gasteiger partial charge on any atom is 0.303 e. The van der Waals surface area contributed by atoms with Crippen LogP contribution in [0.5, 0.6) is 0 Å². The molecular formula is C25H47N2O3+. The molecule has 5 nitrogen and oxygen atoms in total. The Morgan fingerprint density at radius 1 is 0.900 bits per heavy atom. The molecule has 0 aromatic carbocycles. The van der Waals surface area contributed by atoms with Crippen molar-refractivity contribution in [2.75, 3.05) is 13.2 Å². The van der Waals surface area contributed by atoms with Gasteiger partial charge in [-0.1, -0.05) is 90.4 Å². The van der Waals surface area contributed by atoms with Crippen molar-refractivity contribution in [3.63, 3.8) is 0 Å². The maximum absolute atomic E-state index is 11.3. The number of hydrogen-bond donors (Lipinski definition) is 0. The van der Waals surface area contributed by atoms with Crippen molar-refractivity contribution in [2.45, 2.75) is 116 Å². The number of hydrogen-bond acceptors (Lipinski definition) is 3. The highest BCUT2D eigenvalue weighted by Gasteiger charge is 2.16. The zero-order chi connectivity index (χ0) is 21.9. The Hall–Kier alpha value is -1.36. The highest BCUT2D eigenvalue weighted by molar-refractivity contribution is 5.66. The lowest BCUT2D eigenvalue weighted by Crippen LogP contribution is -2.29. The van der Waals surface area contributed by atoms with Crippen molar-refractivity contribution in [3.05, 3.63) is 18.7 Å². The van der Waals surface area contributed by atoms with E-state index in [1.807, 2.05) is 34.9 Å². The Labute approximate surface area is 185 Å². The zero-order valence-corrected chi connectivity index (χ0v) is 19.9. The molecule has 0 aliphatic carbocycles. The molecule has 30 heavy (non-hydrogen) atoms. The Morgan fingerprint density at radius 3 is 1.90 bits per heavy atom. The van der Waals surface area contributed by atoms with Crippen molar-refractivity contribution in [1.29, 1.82) is 0 Å². The highest BCUT2D eigenvalue weighted by atomic mass is 16.6. The van der Waals surface area contributed by atoms with Crippen LogP contribution in [0.25, 0.3) is 0 Å². The number of carbonyl (C=O) groups excluding carboxylic acids is 1. The van der Waals surface area contributed by atoms with Crippen LogP contribution in [0.1, 0.15) is 104 Å². The number of nitrogens with zero attached hydrogens (tertiary/aromatic N) is 2. The van der Waals surface area contributed by atoms with E-state index in [9.17, 15) is 4.79 Å². The lowest BCUT2D eigenvalue weighted by molar-refractivity contribution is -0.671. The zero-order valence-electron chi connectivity index (χ0n) is 19.9. The summed E-state index contributed by atoms with van der Waals surface area (Å²) >= 11 is 0. The first kappa shape index (κ1) is 26.7. The summed E-state index contributed by atoms with van der Waals surface area (Å²) in [4.78, 5) is 11.3. The summed E-state index contributed by atoms with van der Waals surface area (Å²) in [6, 6.07) is 0. The molecule has 1 rings (SSSR count). The summed E-state index contributed by atoms with van der Waals surface area (Å²) in [6.07, 6.45) is 24.7. The molecule has 1 aromatic heterocycles. The molecule has 1 atom stereocenters. The molecular weight excluding hydrogens is 376 g/mol. The number of imidazole rings is 1. The molecule has 0 fully saturated rings. The van der Waals surface area contributed by atoms with Crippen LogP contribution in [0.3, 0.4) is 0 Å². The molecule has 0 saturated carbocycles. The SMILES string of the molecule is CCCCCCCCCCCCCCCCOCC(Cn1cc[n+](C)c1)OC(C)=O. The van der Waals surface area contributed by atoms with Gasteiger partial charge in [0, 0.05) is 13.5 Å². The Balaban J connectivity index is 1.92. The van der Waals surface area contributed by atoms with Crippen LogP contribution in [0, 0.1) is 0 Å². The van der Waals surface area contributed by atoms with Gasteiger partial charge in [-0.05, 0) is 6.42 Å². The fraction of sp³-hybridized carbons (Fsp3) is 0.840. The predicted octanol–water partition coefficient (Wildman–Crippen LogP) is 5.74. The molecule has 1 unspecified atom stereocenters. The molecule has 0 aliphatic heterocycles. The van der Waals surface area contributed by atoms with Crippen LogP contribution in [-0.4, -0.2) is 29.9 Å². The third-order valence-corrected chi connectivity index (χ3v) is 5.52. The summed E-state index contributed by atoms with van der Waals surface area (Å²) in [7, 11) is 1.98. The molecule has 1 heterocycles. The van der Waals surface area contributed by atoms with Gasteiger partial charge < -0.3 is 9.47 Å². The van der Waals surface area contributed by atoms with Gasteiger partial charge >= 0.3 is 5.97 Å². The first-order valence-electron chi connectivity index (χ1n) is 12.4. The average Bonchev–Trinajstić information content (AvgIpc) is 3.11. The third-order valence-electron chi connectivity index (χ3n) is 5.52. The molecule has 0 amide bonds. The second-order valence-electron chi connectivity index (χ2n) is 8.68. The van der Waals surface area contributed by atoms with E-state index in [2.05, 4.69) is 6.92 Å². The van der Waals surface area contributed by atoms with Gasteiger partial charge in [0.25, 0.3) is 0 Å². The molecule has 0 N–H and O–H groups in total. The smallest absolute Gasteiger partial charge is 0.303 e. The number of unbranched alkanes of at least 4 members (excludes halogenated alkanes) is 13. The van der Waals surface area contributed by atoms with Crippen LogP contribution < -0.4 is 4.57 Å². The minimum absolute atomic E-state index is 0.235. The van der Waals surface area contributed by atoms with Crippen LogP contribution in [0.4, 0.5) is 0 Å². The van der Waals surface area contributed by atoms with Gasteiger partial charge in [-0.15, -0.1) is 0 Å². The van der Waals surface area contributed by atoms with Gasteiger partial charge in [0.15, 0.2) is 6.10 Å². The van der Waals surface area contributed by atoms with Crippen LogP contribution in [-0.2, 0) is 27.9 Å². The molecule has 0 bridgehead atoms. The first-order chi connectivity index (χ1) is 14.6. The van der Waals surface area contributed by atoms with Gasteiger partial charge in [-0.3, -0.25) is 4.79 Å². The van der Waals surface area contributed by atoms with Crippen LogP contribution in [0.2, 0.25) is 0 Å². The van der Waals surface area contributed by atoms with Gasteiger partial charge in [0.1, 0.15) is 18.9 Å². The van der Waals surface area contributed by atoms with Crippen LogP contribution >= 0.6 is 0 Å². The van der Waals surface area contributed by atoms with Gasteiger partial charge in [0.05, 0.1) is 13.7 Å². The van der Waals surface area contributed by atoms with Gasteiger partial charge in [-0.2, -0.15) is 0 Å². The van der Waals surface area contributed by atoms with E-state index in [-0.39, 0.29) is 12.1 Å². The van der Waals surface area contributed by atoms with E-state index in [4.69, 9.17) is 9.47 Å². The number of esters is 1. The molecule has 174 valence electrons. The minimum atomic E-state index is -0.253. The second kappa shape index (κ2) is 18.4. The summed E-state index contributed by atoms with van der Waals surface area (Å²) in [5.74, 6) is -0.253. The maximum atomic E-state index is 11.3. The van der Waals surface area contributed by atoms with Gasteiger partial charge in [0.2, 0.25) is 6.33 Å². The quantitative estimate of drug-likeness (QED) is 0.153.